The van der Waals surface area contributed by atoms with E-state index < -0.39 is 0 Å². The average molecular weight is 354 g/mol. The lowest BCUT2D eigenvalue weighted by atomic mass is 10.00. The van der Waals surface area contributed by atoms with Crippen molar-refractivity contribution in [2.24, 2.45) is 0 Å². The van der Waals surface area contributed by atoms with Crippen LogP contribution < -0.4 is 4.74 Å². The third-order valence-electron chi connectivity index (χ3n) is 5.85. The van der Waals surface area contributed by atoms with Gasteiger partial charge in [0.1, 0.15) is 18.2 Å². The molecule has 2 atom stereocenters. The molecule has 2 aromatic rings. The largest absolute Gasteiger partial charge is 0.492 e. The van der Waals surface area contributed by atoms with E-state index in [1.165, 1.54) is 30.5 Å². The van der Waals surface area contributed by atoms with Crippen molar-refractivity contribution in [3.8, 4) is 5.75 Å². The Morgan fingerprint density at radius 1 is 1.08 bits per heavy atom. The Hall–Kier alpha value is -1.91. The highest BCUT2D eigenvalue weighted by atomic mass is 19.1. The highest BCUT2D eigenvalue weighted by molar-refractivity contribution is 5.35. The number of aryl methyl sites for hydroxylation is 1. The molecule has 2 aliphatic rings. The first-order chi connectivity index (χ1) is 12.7. The summed E-state index contributed by atoms with van der Waals surface area (Å²) in [6, 6.07) is 15.6. The van der Waals surface area contributed by atoms with Gasteiger partial charge in [0.25, 0.3) is 0 Å². The van der Waals surface area contributed by atoms with Crippen molar-refractivity contribution in [2.75, 3.05) is 39.8 Å². The molecule has 26 heavy (non-hydrogen) atoms. The van der Waals surface area contributed by atoms with Gasteiger partial charge in [-0.25, -0.2) is 4.39 Å². The quantitative estimate of drug-likeness (QED) is 0.817. The van der Waals surface area contributed by atoms with E-state index in [-0.39, 0.29) is 5.82 Å². The highest BCUT2D eigenvalue weighted by Crippen LogP contribution is 2.33. The Morgan fingerprint density at radius 3 is 2.73 bits per heavy atom. The first-order valence-electron chi connectivity index (χ1n) is 9.58. The third kappa shape index (κ3) is 3.92. The maximum Gasteiger partial charge on any atom is 0.123 e. The summed E-state index contributed by atoms with van der Waals surface area (Å²) >= 11 is 0. The van der Waals surface area contributed by atoms with E-state index in [1.807, 2.05) is 0 Å². The summed E-state index contributed by atoms with van der Waals surface area (Å²) in [5.74, 6) is 1.17. The predicted octanol–water partition coefficient (Wildman–Crippen LogP) is 3.55. The topological polar surface area (TPSA) is 15.7 Å². The molecule has 0 amide bonds. The molecule has 0 aromatic heterocycles. The number of hydrogen-bond acceptors (Lipinski definition) is 3. The number of hydrogen-bond donors (Lipinski definition) is 0. The average Bonchev–Trinajstić information content (AvgIpc) is 3.06. The first-order valence-corrected chi connectivity index (χ1v) is 9.58. The van der Waals surface area contributed by atoms with Gasteiger partial charge in [0, 0.05) is 26.2 Å². The van der Waals surface area contributed by atoms with E-state index in [4.69, 9.17) is 4.74 Å². The summed E-state index contributed by atoms with van der Waals surface area (Å²) in [5, 5.41) is 0. The van der Waals surface area contributed by atoms with Gasteiger partial charge < -0.3 is 4.74 Å². The second-order valence-corrected chi connectivity index (χ2v) is 7.59. The number of fused-ring (bicyclic) bond motifs is 1. The first kappa shape index (κ1) is 17.5. The number of nitrogens with zero attached hydrogens (tertiary/aromatic N) is 2. The van der Waals surface area contributed by atoms with E-state index in [0.29, 0.717) is 18.6 Å². The second kappa shape index (κ2) is 7.77. The minimum Gasteiger partial charge on any atom is -0.492 e. The van der Waals surface area contributed by atoms with Crippen LogP contribution in [0.25, 0.3) is 0 Å². The molecule has 4 heteroatoms. The molecule has 4 rings (SSSR count). The van der Waals surface area contributed by atoms with E-state index in [2.05, 4.69) is 41.1 Å². The lowest BCUT2D eigenvalue weighted by molar-refractivity contribution is 0.0612. The Labute approximate surface area is 155 Å². The van der Waals surface area contributed by atoms with Gasteiger partial charge in [0.05, 0.1) is 6.04 Å². The van der Waals surface area contributed by atoms with Crippen molar-refractivity contribution in [3.63, 3.8) is 0 Å². The third-order valence-corrected chi connectivity index (χ3v) is 5.85. The Balaban J connectivity index is 1.34. The fraction of sp³-hybridized carbons (Fsp3) is 0.455. The molecular weight excluding hydrogens is 327 g/mol. The number of rotatable bonds is 5. The van der Waals surface area contributed by atoms with E-state index in [0.717, 1.165) is 31.9 Å². The summed E-state index contributed by atoms with van der Waals surface area (Å²) < 4.78 is 18.9. The van der Waals surface area contributed by atoms with Crippen LogP contribution in [0.1, 0.15) is 23.5 Å². The molecule has 1 saturated heterocycles. The maximum absolute atomic E-state index is 13.0. The second-order valence-electron chi connectivity index (χ2n) is 7.59. The molecule has 1 aliphatic heterocycles. The number of halogens is 1. The molecule has 0 N–H and O–H groups in total. The Kier molecular flexibility index (Phi) is 5.23. The van der Waals surface area contributed by atoms with Crippen molar-refractivity contribution in [2.45, 2.75) is 24.8 Å². The standard InChI is InChI=1S/C22H27FN2O/c1-24-12-13-25(14-18-7-6-17-4-2-3-5-22(17)18)15-20(24)16-26-21-10-8-19(23)9-11-21/h2-5,8-11,18,20H,6-7,12-16H2,1H3. The van der Waals surface area contributed by atoms with E-state index in [9.17, 15) is 4.39 Å². The highest BCUT2D eigenvalue weighted by Gasteiger charge is 2.29. The van der Waals surface area contributed by atoms with Gasteiger partial charge >= 0.3 is 0 Å². The Bertz CT molecular complexity index is 733. The smallest absolute Gasteiger partial charge is 0.123 e. The van der Waals surface area contributed by atoms with Crippen molar-refractivity contribution in [1.82, 2.24) is 9.80 Å². The van der Waals surface area contributed by atoms with E-state index in [1.54, 1.807) is 17.7 Å². The molecule has 0 saturated carbocycles. The molecule has 1 heterocycles. The fourth-order valence-corrected chi connectivity index (χ4v) is 4.23. The van der Waals surface area contributed by atoms with Gasteiger partial charge in [-0.3, -0.25) is 9.80 Å². The number of piperazine rings is 1. The predicted molar refractivity (Wildman–Crippen MR) is 102 cm³/mol. The van der Waals surface area contributed by atoms with Gasteiger partial charge in [-0.05, 0) is 61.2 Å². The summed E-state index contributed by atoms with van der Waals surface area (Å²) in [6.45, 7) is 4.97. The molecule has 0 spiro atoms. The van der Waals surface area contributed by atoms with Crippen LogP contribution in [-0.4, -0.2) is 55.7 Å². The molecular formula is C22H27FN2O. The van der Waals surface area contributed by atoms with Crippen LogP contribution in [-0.2, 0) is 6.42 Å². The monoisotopic (exact) mass is 354 g/mol. The molecule has 1 aliphatic carbocycles. The Morgan fingerprint density at radius 2 is 1.88 bits per heavy atom. The zero-order chi connectivity index (χ0) is 17.9. The minimum absolute atomic E-state index is 0.227. The summed E-state index contributed by atoms with van der Waals surface area (Å²) in [5.41, 5.74) is 3.08. The van der Waals surface area contributed by atoms with Gasteiger partial charge in [-0.2, -0.15) is 0 Å². The van der Waals surface area contributed by atoms with Crippen LogP contribution in [0.3, 0.4) is 0 Å². The minimum atomic E-state index is -0.227. The molecule has 1 fully saturated rings. The zero-order valence-electron chi connectivity index (χ0n) is 15.4. The van der Waals surface area contributed by atoms with Gasteiger partial charge in [0.15, 0.2) is 0 Å². The molecule has 0 radical (unpaired) electrons. The van der Waals surface area contributed by atoms with Crippen LogP contribution in [0.2, 0.25) is 0 Å². The van der Waals surface area contributed by atoms with Crippen LogP contribution in [0, 0.1) is 5.82 Å². The molecule has 0 bridgehead atoms. The van der Waals surface area contributed by atoms with Gasteiger partial charge in [0.2, 0.25) is 0 Å². The maximum atomic E-state index is 13.0. The summed E-state index contributed by atoms with van der Waals surface area (Å²) in [7, 11) is 2.17. The number of ether oxygens (including phenoxy) is 1. The van der Waals surface area contributed by atoms with Crippen molar-refractivity contribution < 1.29 is 9.13 Å². The molecule has 3 nitrogen and oxygen atoms in total. The SMILES string of the molecule is CN1CCN(CC2CCc3ccccc32)CC1COc1ccc(F)cc1. The lowest BCUT2D eigenvalue weighted by Gasteiger charge is -2.40. The van der Waals surface area contributed by atoms with Crippen molar-refractivity contribution >= 4 is 0 Å². The van der Waals surface area contributed by atoms with Crippen molar-refractivity contribution in [3.05, 3.63) is 65.5 Å². The normalized spacial score (nSPS) is 23.8. The van der Waals surface area contributed by atoms with E-state index >= 15 is 0 Å². The van der Waals surface area contributed by atoms with Crippen LogP contribution in [0.4, 0.5) is 4.39 Å². The number of benzene rings is 2. The lowest BCUT2D eigenvalue weighted by Crippen LogP contribution is -2.54. The molecule has 138 valence electrons. The zero-order valence-corrected chi connectivity index (χ0v) is 15.4. The molecule has 2 aromatic carbocycles. The number of likely N-dealkylation sites (N-methyl/N-ethyl adjacent to an activating group) is 1. The fourth-order valence-electron chi connectivity index (χ4n) is 4.23. The van der Waals surface area contributed by atoms with Crippen LogP contribution in [0.5, 0.6) is 5.75 Å². The van der Waals surface area contributed by atoms with Crippen LogP contribution in [0.15, 0.2) is 48.5 Å². The summed E-state index contributed by atoms with van der Waals surface area (Å²) in [6.07, 6.45) is 2.48. The molecule has 2 unspecified atom stereocenters. The summed E-state index contributed by atoms with van der Waals surface area (Å²) in [4.78, 5) is 4.97. The van der Waals surface area contributed by atoms with Gasteiger partial charge in [-0.15, -0.1) is 0 Å². The van der Waals surface area contributed by atoms with Gasteiger partial charge in [-0.1, -0.05) is 24.3 Å². The van der Waals surface area contributed by atoms with Crippen LogP contribution >= 0.6 is 0 Å². The van der Waals surface area contributed by atoms with Crippen molar-refractivity contribution in [1.29, 1.82) is 0 Å².